The van der Waals surface area contributed by atoms with Crippen molar-refractivity contribution in [3.63, 3.8) is 0 Å². The van der Waals surface area contributed by atoms with Crippen LogP contribution in [0, 0.1) is 13.8 Å². The number of carbonyl (C=O) groups excluding carboxylic acids is 1. The number of benzene rings is 2. The number of ether oxygens (including phenoxy) is 2. The maximum Gasteiger partial charge on any atom is 0.330 e. The minimum absolute atomic E-state index is 0.343. The van der Waals surface area contributed by atoms with Crippen molar-refractivity contribution in [1.82, 2.24) is 5.32 Å². The van der Waals surface area contributed by atoms with Crippen LogP contribution in [0.2, 0.25) is 0 Å². The van der Waals surface area contributed by atoms with E-state index in [2.05, 4.69) is 5.32 Å². The number of carboxylic acid groups (broad SMARTS) is 1. The molecule has 1 amide bonds. The molecule has 27 heavy (non-hydrogen) atoms. The van der Waals surface area contributed by atoms with Gasteiger partial charge >= 0.3 is 5.97 Å². The molecule has 2 N–H and O–H groups in total. The van der Waals surface area contributed by atoms with Gasteiger partial charge in [0.05, 0.1) is 6.61 Å². The molecule has 0 heterocycles. The molecule has 0 saturated heterocycles. The lowest BCUT2D eigenvalue weighted by Crippen LogP contribution is -2.34. The first kappa shape index (κ1) is 20.5. The zero-order chi connectivity index (χ0) is 19.8. The number of rotatable bonds is 9. The van der Waals surface area contributed by atoms with Crippen molar-refractivity contribution in [2.45, 2.75) is 26.3 Å². The molecule has 0 aliphatic carbocycles. The minimum atomic E-state index is -1.12. The molecule has 2 aromatic rings. The summed E-state index contributed by atoms with van der Waals surface area (Å²) in [6, 6.07) is 11.0. The maximum atomic E-state index is 12.6. The average molecular weight is 371 g/mol. The highest BCUT2D eigenvalue weighted by Gasteiger charge is 2.24. The molecule has 1 atom stereocenters. The molecule has 0 radical (unpaired) electrons. The molecule has 6 heteroatoms. The Morgan fingerprint density at radius 3 is 2.56 bits per heavy atom. The highest BCUT2D eigenvalue weighted by molar-refractivity contribution is 5.97. The van der Waals surface area contributed by atoms with Gasteiger partial charge in [-0.25, -0.2) is 4.79 Å². The lowest BCUT2D eigenvalue weighted by Gasteiger charge is -2.18. The Balaban J connectivity index is 2.14. The van der Waals surface area contributed by atoms with E-state index in [0.29, 0.717) is 30.1 Å². The summed E-state index contributed by atoms with van der Waals surface area (Å²) in [4.78, 5) is 24.4. The third-order valence-electron chi connectivity index (χ3n) is 4.34. The predicted octanol–water partition coefficient (Wildman–Crippen LogP) is 3.27. The molecular weight excluding hydrogens is 346 g/mol. The molecule has 0 spiro atoms. The number of amides is 1. The molecule has 0 aliphatic rings. The minimum Gasteiger partial charge on any atom is -0.493 e. The Hall–Kier alpha value is -2.86. The van der Waals surface area contributed by atoms with Crippen molar-refractivity contribution in [3.8, 4) is 5.75 Å². The van der Waals surface area contributed by atoms with Crippen LogP contribution in [0.4, 0.5) is 0 Å². The second kappa shape index (κ2) is 9.73. The van der Waals surface area contributed by atoms with E-state index in [4.69, 9.17) is 9.47 Å². The number of aliphatic carboxylic acids is 1. The number of nitrogens with one attached hydrogen (secondary N) is 1. The van der Waals surface area contributed by atoms with E-state index in [1.165, 1.54) is 0 Å². The Kier molecular flexibility index (Phi) is 7.37. The van der Waals surface area contributed by atoms with Crippen LogP contribution in [0.1, 0.15) is 39.5 Å². The molecular formula is C21H25NO5. The molecule has 0 saturated carbocycles. The van der Waals surface area contributed by atoms with E-state index >= 15 is 0 Å². The number of hydrogen-bond donors (Lipinski definition) is 2. The van der Waals surface area contributed by atoms with Gasteiger partial charge in [0.15, 0.2) is 6.04 Å². The van der Waals surface area contributed by atoms with Crippen molar-refractivity contribution < 1.29 is 24.2 Å². The lowest BCUT2D eigenvalue weighted by molar-refractivity contribution is -0.139. The van der Waals surface area contributed by atoms with Crippen molar-refractivity contribution in [2.75, 3.05) is 20.3 Å². The molecule has 1 unspecified atom stereocenters. The number of carboxylic acids is 1. The lowest BCUT2D eigenvalue weighted by atomic mass is 9.97. The van der Waals surface area contributed by atoms with Crippen molar-refractivity contribution in [2.24, 2.45) is 0 Å². The smallest absolute Gasteiger partial charge is 0.330 e. The molecule has 6 nitrogen and oxygen atoms in total. The summed E-state index contributed by atoms with van der Waals surface area (Å²) in [5.41, 5.74) is 2.73. The first-order chi connectivity index (χ1) is 12.9. The van der Waals surface area contributed by atoms with Crippen molar-refractivity contribution in [1.29, 1.82) is 0 Å². The molecule has 2 aromatic carbocycles. The Bertz CT molecular complexity index is 803. The third-order valence-corrected chi connectivity index (χ3v) is 4.34. The Morgan fingerprint density at radius 2 is 1.85 bits per heavy atom. The van der Waals surface area contributed by atoms with Gasteiger partial charge in [-0.1, -0.05) is 24.3 Å². The van der Waals surface area contributed by atoms with Gasteiger partial charge in [0.25, 0.3) is 5.91 Å². The fourth-order valence-corrected chi connectivity index (χ4v) is 2.69. The SMILES string of the molecule is COCCCOc1cccc(C(=O)NC(C(=O)O)c2cccc(C)c2C)c1. The standard InChI is InChI=1S/C21H25NO5/c1-14-7-4-10-18(15(14)2)19(21(24)25)22-20(23)16-8-5-9-17(13-16)27-12-6-11-26-3/h4-5,7-10,13,19H,6,11-12H2,1-3H3,(H,22,23)(H,24,25). The monoisotopic (exact) mass is 371 g/mol. The van der Waals surface area contributed by atoms with Gasteiger partial charge in [0.1, 0.15) is 5.75 Å². The van der Waals surface area contributed by atoms with Crippen LogP contribution in [-0.4, -0.2) is 37.3 Å². The molecule has 0 bridgehead atoms. The first-order valence-corrected chi connectivity index (χ1v) is 8.75. The van der Waals surface area contributed by atoms with Crippen LogP contribution < -0.4 is 10.1 Å². The predicted molar refractivity (Wildman–Crippen MR) is 102 cm³/mol. The van der Waals surface area contributed by atoms with Gasteiger partial charge in [-0.15, -0.1) is 0 Å². The van der Waals surface area contributed by atoms with Crippen LogP contribution >= 0.6 is 0 Å². The van der Waals surface area contributed by atoms with Crippen LogP contribution in [0.25, 0.3) is 0 Å². The van der Waals surface area contributed by atoms with Gasteiger partial charge in [0.2, 0.25) is 0 Å². The molecule has 0 aliphatic heterocycles. The zero-order valence-electron chi connectivity index (χ0n) is 15.8. The summed E-state index contributed by atoms with van der Waals surface area (Å²) in [5.74, 6) is -1.02. The van der Waals surface area contributed by atoms with Crippen LogP contribution in [0.3, 0.4) is 0 Å². The van der Waals surface area contributed by atoms with E-state index in [0.717, 1.165) is 17.5 Å². The van der Waals surface area contributed by atoms with Gasteiger partial charge < -0.3 is 19.9 Å². The second-order valence-corrected chi connectivity index (χ2v) is 6.26. The molecule has 0 fully saturated rings. The summed E-state index contributed by atoms with van der Waals surface area (Å²) in [6.07, 6.45) is 0.737. The van der Waals surface area contributed by atoms with Crippen LogP contribution in [0.5, 0.6) is 5.75 Å². The van der Waals surface area contributed by atoms with Gasteiger partial charge in [0, 0.05) is 25.7 Å². The zero-order valence-corrected chi connectivity index (χ0v) is 15.8. The normalized spacial score (nSPS) is 11.7. The van der Waals surface area contributed by atoms with Crippen molar-refractivity contribution >= 4 is 11.9 Å². The highest BCUT2D eigenvalue weighted by Crippen LogP contribution is 2.22. The Morgan fingerprint density at radius 1 is 1.11 bits per heavy atom. The highest BCUT2D eigenvalue weighted by atomic mass is 16.5. The summed E-state index contributed by atoms with van der Waals surface area (Å²) in [5, 5.41) is 12.2. The average Bonchev–Trinajstić information content (AvgIpc) is 2.66. The van der Waals surface area contributed by atoms with E-state index in [9.17, 15) is 14.7 Å². The van der Waals surface area contributed by atoms with Crippen LogP contribution in [0.15, 0.2) is 42.5 Å². The topological polar surface area (TPSA) is 84.9 Å². The number of carbonyl (C=O) groups is 2. The largest absolute Gasteiger partial charge is 0.493 e. The third kappa shape index (κ3) is 5.56. The summed E-state index contributed by atoms with van der Waals surface area (Å²) < 4.78 is 10.6. The van der Waals surface area contributed by atoms with Gasteiger partial charge in [-0.3, -0.25) is 4.79 Å². The number of hydrogen-bond acceptors (Lipinski definition) is 4. The van der Waals surface area contributed by atoms with E-state index in [-0.39, 0.29) is 0 Å². The van der Waals surface area contributed by atoms with E-state index in [1.54, 1.807) is 43.5 Å². The Labute approximate surface area is 159 Å². The van der Waals surface area contributed by atoms with E-state index in [1.807, 2.05) is 19.9 Å². The molecule has 2 rings (SSSR count). The second-order valence-electron chi connectivity index (χ2n) is 6.26. The quantitative estimate of drug-likeness (QED) is 0.661. The fourth-order valence-electron chi connectivity index (χ4n) is 2.69. The molecule has 144 valence electrons. The van der Waals surface area contributed by atoms with E-state index < -0.39 is 17.9 Å². The van der Waals surface area contributed by atoms with Gasteiger partial charge in [-0.05, 0) is 48.7 Å². The number of methoxy groups -OCH3 is 1. The summed E-state index contributed by atoms with van der Waals surface area (Å²) in [7, 11) is 1.62. The number of aryl methyl sites for hydroxylation is 1. The summed E-state index contributed by atoms with van der Waals surface area (Å²) >= 11 is 0. The maximum absolute atomic E-state index is 12.6. The van der Waals surface area contributed by atoms with Gasteiger partial charge in [-0.2, -0.15) is 0 Å². The molecule has 0 aromatic heterocycles. The van der Waals surface area contributed by atoms with Crippen LogP contribution in [-0.2, 0) is 9.53 Å². The van der Waals surface area contributed by atoms with Crippen molar-refractivity contribution in [3.05, 3.63) is 64.7 Å². The first-order valence-electron chi connectivity index (χ1n) is 8.75. The fraction of sp³-hybridized carbons (Fsp3) is 0.333. The summed E-state index contributed by atoms with van der Waals surface area (Å²) in [6.45, 7) is 4.82.